The predicted molar refractivity (Wildman–Crippen MR) is 157 cm³/mol. The molecule has 9 heteroatoms. The van der Waals surface area contributed by atoms with E-state index in [0.717, 1.165) is 33.4 Å². The van der Waals surface area contributed by atoms with Crippen LogP contribution >= 0.6 is 0 Å². The zero-order chi connectivity index (χ0) is 28.9. The Hall–Kier alpha value is -5.57. The number of aromatic nitrogens is 4. The summed E-state index contributed by atoms with van der Waals surface area (Å²) in [5.41, 5.74) is 6.34. The van der Waals surface area contributed by atoms with Crippen molar-refractivity contribution < 1.29 is 14.3 Å². The van der Waals surface area contributed by atoms with Crippen LogP contribution in [0.2, 0.25) is 0 Å². The maximum absolute atomic E-state index is 13.7. The largest absolute Gasteiger partial charge is 0.457 e. The van der Waals surface area contributed by atoms with E-state index in [2.05, 4.69) is 25.9 Å². The number of nitrogens with zero attached hydrogens (tertiary/aromatic N) is 4. The lowest BCUT2D eigenvalue weighted by Gasteiger charge is -2.38. The number of aromatic amines is 1. The van der Waals surface area contributed by atoms with Gasteiger partial charge in [0.05, 0.1) is 11.6 Å². The number of carbonyl (C=O) groups excluding carboxylic acids is 2. The minimum atomic E-state index is -0.663. The molecule has 0 bridgehead atoms. The molecule has 0 radical (unpaired) electrons. The second-order valence-electron chi connectivity index (χ2n) is 9.98. The number of H-pyrrole nitrogens is 1. The average Bonchev–Trinajstić information content (AvgIpc) is 3.58. The molecule has 1 aliphatic heterocycles. The molecule has 0 fully saturated rings. The molecule has 2 amide bonds. The average molecular weight is 557 g/mol. The molecule has 0 saturated carbocycles. The number of tetrazole rings is 1. The van der Waals surface area contributed by atoms with Crippen LogP contribution in [0.1, 0.15) is 29.7 Å². The summed E-state index contributed by atoms with van der Waals surface area (Å²) in [6.07, 6.45) is 0. The van der Waals surface area contributed by atoms with Crippen molar-refractivity contribution in [1.29, 1.82) is 0 Å². The Morgan fingerprint density at radius 2 is 1.45 bits per heavy atom. The van der Waals surface area contributed by atoms with E-state index in [-0.39, 0.29) is 19.2 Å². The second-order valence-corrected chi connectivity index (χ2v) is 9.98. The number of nitrogens with one attached hydrogen (secondary N) is 2. The first-order valence-corrected chi connectivity index (χ1v) is 13.5. The molecule has 1 unspecified atom stereocenters. The van der Waals surface area contributed by atoms with Crippen LogP contribution in [-0.4, -0.2) is 37.5 Å². The quantitative estimate of drug-likeness (QED) is 0.233. The normalized spacial score (nSPS) is 14.9. The summed E-state index contributed by atoms with van der Waals surface area (Å²) < 4.78 is 5.78. The summed E-state index contributed by atoms with van der Waals surface area (Å²) in [4.78, 5) is 28.8. The highest BCUT2D eigenvalue weighted by atomic mass is 16.5. The van der Waals surface area contributed by atoms with Gasteiger partial charge in [-0.2, -0.15) is 5.21 Å². The zero-order valence-electron chi connectivity index (χ0n) is 22.9. The van der Waals surface area contributed by atoms with Crippen molar-refractivity contribution in [3.05, 3.63) is 137 Å². The number of esters is 1. The Morgan fingerprint density at radius 3 is 2.12 bits per heavy atom. The van der Waals surface area contributed by atoms with Crippen LogP contribution in [0.4, 0.5) is 4.79 Å². The van der Waals surface area contributed by atoms with Gasteiger partial charge in [-0.25, -0.2) is 9.59 Å². The number of amides is 2. The third-order valence-electron chi connectivity index (χ3n) is 7.22. The summed E-state index contributed by atoms with van der Waals surface area (Å²) in [5.74, 6) is 0.00148. The van der Waals surface area contributed by atoms with E-state index < -0.39 is 12.0 Å². The molecular formula is C33H28N6O3. The van der Waals surface area contributed by atoms with Gasteiger partial charge in [-0.15, -0.1) is 10.2 Å². The Morgan fingerprint density at radius 1 is 0.810 bits per heavy atom. The molecule has 6 rings (SSSR count). The number of benzene rings is 4. The minimum absolute atomic E-state index is 0.127. The zero-order valence-corrected chi connectivity index (χ0v) is 22.9. The molecule has 1 aromatic heterocycles. The van der Waals surface area contributed by atoms with E-state index in [1.807, 2.05) is 109 Å². The Balaban J connectivity index is 1.34. The second kappa shape index (κ2) is 11.9. The van der Waals surface area contributed by atoms with Crippen LogP contribution in [0.3, 0.4) is 0 Å². The van der Waals surface area contributed by atoms with Crippen molar-refractivity contribution in [2.75, 3.05) is 0 Å². The fraction of sp³-hybridized carbons (Fsp3) is 0.121. The van der Waals surface area contributed by atoms with E-state index in [0.29, 0.717) is 17.1 Å². The molecule has 0 saturated heterocycles. The third-order valence-corrected chi connectivity index (χ3v) is 7.22. The van der Waals surface area contributed by atoms with Crippen molar-refractivity contribution in [3.63, 3.8) is 0 Å². The first kappa shape index (κ1) is 26.6. The first-order valence-electron chi connectivity index (χ1n) is 13.5. The minimum Gasteiger partial charge on any atom is -0.457 e. The van der Waals surface area contributed by atoms with Gasteiger partial charge < -0.3 is 15.0 Å². The van der Waals surface area contributed by atoms with Crippen molar-refractivity contribution in [3.8, 4) is 22.5 Å². The predicted octanol–water partition coefficient (Wildman–Crippen LogP) is 5.82. The molecule has 42 heavy (non-hydrogen) atoms. The lowest BCUT2D eigenvalue weighted by molar-refractivity contribution is -0.141. The van der Waals surface area contributed by atoms with E-state index >= 15 is 0 Å². The summed E-state index contributed by atoms with van der Waals surface area (Å²) in [7, 11) is 0. The number of hydrogen-bond donors (Lipinski definition) is 2. The fourth-order valence-corrected chi connectivity index (χ4v) is 5.08. The van der Waals surface area contributed by atoms with Gasteiger partial charge in [0.15, 0.2) is 0 Å². The lowest BCUT2D eigenvalue weighted by Crippen LogP contribution is -2.48. The summed E-state index contributed by atoms with van der Waals surface area (Å²) in [6, 6.07) is 34.1. The van der Waals surface area contributed by atoms with Gasteiger partial charge in [-0.3, -0.25) is 0 Å². The molecule has 0 aliphatic carbocycles. The number of hydrogen-bond acceptors (Lipinski definition) is 6. The molecule has 5 aromatic rings. The highest BCUT2D eigenvalue weighted by molar-refractivity contribution is 5.95. The van der Waals surface area contributed by atoms with Crippen molar-refractivity contribution in [2.45, 2.75) is 26.1 Å². The summed E-state index contributed by atoms with van der Waals surface area (Å²) >= 11 is 0. The smallest absolute Gasteiger partial charge is 0.338 e. The van der Waals surface area contributed by atoms with E-state index in [1.165, 1.54) is 0 Å². The third kappa shape index (κ3) is 5.66. The maximum Gasteiger partial charge on any atom is 0.338 e. The molecular weight excluding hydrogens is 528 g/mol. The first-order chi connectivity index (χ1) is 20.6. The molecule has 208 valence electrons. The van der Waals surface area contributed by atoms with Crippen LogP contribution in [-0.2, 0) is 22.7 Å². The van der Waals surface area contributed by atoms with Gasteiger partial charge in [0.25, 0.3) is 0 Å². The van der Waals surface area contributed by atoms with Gasteiger partial charge >= 0.3 is 12.0 Å². The standard InChI is InChI=1S/C33H28N6O3/c1-22-29(32(40)42-21-24-8-4-2-5-9-24)30(27-18-16-26(17-19-27)25-10-6-3-7-11-25)39(33(41)34-22)20-23-12-14-28(15-13-23)31-35-37-38-36-31/h2-19,30H,20-21H2,1H3,(H,34,41)(H,35,36,37,38). The van der Waals surface area contributed by atoms with E-state index in [4.69, 9.17) is 4.74 Å². The van der Waals surface area contributed by atoms with Gasteiger partial charge in [-0.05, 0) is 40.0 Å². The highest BCUT2D eigenvalue weighted by Gasteiger charge is 2.38. The highest BCUT2D eigenvalue weighted by Crippen LogP contribution is 2.36. The van der Waals surface area contributed by atoms with Gasteiger partial charge in [0.1, 0.15) is 6.61 Å². The Kier molecular flexibility index (Phi) is 7.54. The van der Waals surface area contributed by atoms with Crippen molar-refractivity contribution >= 4 is 12.0 Å². The van der Waals surface area contributed by atoms with E-state index in [1.54, 1.807) is 11.8 Å². The number of rotatable bonds is 8. The molecule has 1 aliphatic rings. The van der Waals surface area contributed by atoms with Crippen LogP contribution in [0.25, 0.3) is 22.5 Å². The van der Waals surface area contributed by atoms with Crippen LogP contribution < -0.4 is 5.32 Å². The number of allylic oxidation sites excluding steroid dienone is 1. The van der Waals surface area contributed by atoms with Crippen LogP contribution in [0.15, 0.2) is 120 Å². The van der Waals surface area contributed by atoms with Gasteiger partial charge in [0.2, 0.25) is 5.82 Å². The molecule has 4 aromatic carbocycles. The molecule has 2 heterocycles. The van der Waals surface area contributed by atoms with E-state index in [9.17, 15) is 9.59 Å². The van der Waals surface area contributed by atoms with Gasteiger partial charge in [0, 0.05) is 17.8 Å². The number of carbonyl (C=O) groups is 2. The number of ether oxygens (including phenoxy) is 1. The summed E-state index contributed by atoms with van der Waals surface area (Å²) in [5, 5.41) is 17.0. The monoisotopic (exact) mass is 556 g/mol. The van der Waals surface area contributed by atoms with Gasteiger partial charge in [-0.1, -0.05) is 109 Å². The molecule has 0 spiro atoms. The summed E-state index contributed by atoms with van der Waals surface area (Å²) in [6.45, 7) is 2.12. The Labute approximate surface area is 242 Å². The van der Waals surface area contributed by atoms with Crippen molar-refractivity contribution in [2.24, 2.45) is 0 Å². The topological polar surface area (TPSA) is 113 Å². The lowest BCUT2D eigenvalue weighted by atomic mass is 9.92. The maximum atomic E-state index is 13.7. The number of urea groups is 1. The van der Waals surface area contributed by atoms with Crippen LogP contribution in [0.5, 0.6) is 0 Å². The molecule has 2 N–H and O–H groups in total. The van der Waals surface area contributed by atoms with Crippen molar-refractivity contribution in [1.82, 2.24) is 30.8 Å². The molecule has 1 atom stereocenters. The fourth-order valence-electron chi connectivity index (χ4n) is 5.08. The Bertz CT molecular complexity index is 1700. The molecule has 9 nitrogen and oxygen atoms in total. The van der Waals surface area contributed by atoms with Crippen LogP contribution in [0, 0.1) is 0 Å². The SMILES string of the molecule is CC1=C(C(=O)OCc2ccccc2)C(c2ccc(-c3ccccc3)cc2)N(Cc2ccc(-c3nn[nH]n3)cc2)C(=O)N1.